The third kappa shape index (κ3) is 1.22. The molecule has 0 aromatic heterocycles. The van der Waals surface area contributed by atoms with Gasteiger partial charge >= 0.3 is 5.97 Å². The Bertz CT molecular complexity index is 191. The van der Waals surface area contributed by atoms with Crippen LogP contribution in [0, 0.1) is 17.8 Å². The zero-order valence-corrected chi connectivity index (χ0v) is 7.36. The van der Waals surface area contributed by atoms with Crippen molar-refractivity contribution in [2.24, 2.45) is 17.8 Å². The normalized spacial score (nSPS) is 41.6. The summed E-state index contributed by atoms with van der Waals surface area (Å²) in [5.74, 6) is 0.688. The van der Waals surface area contributed by atoms with E-state index in [4.69, 9.17) is 5.11 Å². The number of likely N-dealkylation sites (tertiary alicyclic amines) is 1. The molecule has 2 rings (SSSR count). The quantitative estimate of drug-likeness (QED) is 0.627. The average Bonchev–Trinajstić information content (AvgIpc) is 2.42. The lowest BCUT2D eigenvalue weighted by atomic mass is 10.0. The number of carbonyl (C=O) groups is 1. The molecular weight excluding hydrogens is 154 g/mol. The minimum Gasteiger partial charge on any atom is -0.481 e. The van der Waals surface area contributed by atoms with Gasteiger partial charge in [-0.15, -0.1) is 0 Å². The number of nitrogens with zero attached hydrogens (tertiary/aromatic N) is 1. The first-order valence-electron chi connectivity index (χ1n) is 4.58. The summed E-state index contributed by atoms with van der Waals surface area (Å²) in [5, 5.41) is 8.82. The first-order chi connectivity index (χ1) is 5.66. The van der Waals surface area contributed by atoms with E-state index in [1.165, 1.54) is 0 Å². The highest BCUT2D eigenvalue weighted by Gasteiger charge is 2.42. The fourth-order valence-corrected chi connectivity index (χ4v) is 2.74. The van der Waals surface area contributed by atoms with Gasteiger partial charge in [-0.05, 0) is 31.7 Å². The van der Waals surface area contributed by atoms with Crippen molar-refractivity contribution in [3.63, 3.8) is 0 Å². The number of carboxylic acid groups (broad SMARTS) is 1. The van der Waals surface area contributed by atoms with E-state index in [9.17, 15) is 4.79 Å². The molecule has 3 heteroatoms. The molecular formula is C9H15NO2. The minimum atomic E-state index is -0.591. The molecule has 12 heavy (non-hydrogen) atoms. The first kappa shape index (κ1) is 8.05. The minimum absolute atomic E-state index is 0.0475. The van der Waals surface area contributed by atoms with E-state index in [1.807, 2.05) is 0 Å². The number of carboxylic acids is 1. The van der Waals surface area contributed by atoms with Crippen LogP contribution in [0.15, 0.2) is 0 Å². The van der Waals surface area contributed by atoms with Crippen LogP contribution in [0.25, 0.3) is 0 Å². The highest BCUT2D eigenvalue weighted by atomic mass is 16.4. The molecule has 68 valence electrons. The van der Waals surface area contributed by atoms with Crippen LogP contribution >= 0.6 is 0 Å². The molecule has 1 unspecified atom stereocenters. The highest BCUT2D eigenvalue weighted by molar-refractivity contribution is 5.70. The van der Waals surface area contributed by atoms with Crippen molar-refractivity contribution in [1.29, 1.82) is 0 Å². The Balaban J connectivity index is 1.98. The molecule has 2 fully saturated rings. The average molecular weight is 169 g/mol. The Morgan fingerprint density at radius 2 is 1.83 bits per heavy atom. The van der Waals surface area contributed by atoms with Crippen LogP contribution in [0.4, 0.5) is 0 Å². The summed E-state index contributed by atoms with van der Waals surface area (Å²) < 4.78 is 0. The number of fused-ring (bicyclic) bond motifs is 1. The Kier molecular flexibility index (Phi) is 1.83. The van der Waals surface area contributed by atoms with E-state index < -0.39 is 5.97 Å². The second-order valence-electron chi connectivity index (χ2n) is 4.25. The van der Waals surface area contributed by atoms with Gasteiger partial charge in [0.2, 0.25) is 0 Å². The number of hydrogen-bond acceptors (Lipinski definition) is 2. The van der Waals surface area contributed by atoms with Crippen molar-refractivity contribution >= 4 is 5.97 Å². The molecule has 0 aromatic rings. The van der Waals surface area contributed by atoms with Gasteiger partial charge in [0.05, 0.1) is 5.92 Å². The number of rotatable bonds is 1. The summed E-state index contributed by atoms with van der Waals surface area (Å²) in [4.78, 5) is 13.0. The van der Waals surface area contributed by atoms with E-state index in [1.54, 1.807) is 0 Å². The standard InChI is InChI=1S/C9H15NO2/c1-10-4-7-2-6(9(11)12)3-8(7)5-10/h6-8H,2-5H2,1H3,(H,11,12)/t6?,7-,8+. The van der Waals surface area contributed by atoms with E-state index in [2.05, 4.69) is 11.9 Å². The van der Waals surface area contributed by atoms with Crippen molar-refractivity contribution in [2.75, 3.05) is 20.1 Å². The van der Waals surface area contributed by atoms with Gasteiger partial charge in [-0.2, -0.15) is 0 Å². The molecule has 1 aliphatic heterocycles. The molecule has 0 bridgehead atoms. The van der Waals surface area contributed by atoms with Gasteiger partial charge in [0.15, 0.2) is 0 Å². The predicted octanol–water partition coefficient (Wildman–Crippen LogP) is 0.659. The zero-order valence-electron chi connectivity index (χ0n) is 7.36. The van der Waals surface area contributed by atoms with Crippen LogP contribution in [0.2, 0.25) is 0 Å². The lowest BCUT2D eigenvalue weighted by Crippen LogP contribution is -2.19. The van der Waals surface area contributed by atoms with E-state index in [-0.39, 0.29) is 5.92 Å². The van der Waals surface area contributed by atoms with Gasteiger partial charge in [0.1, 0.15) is 0 Å². The lowest BCUT2D eigenvalue weighted by molar-refractivity contribution is -0.141. The molecule has 0 radical (unpaired) electrons. The Hall–Kier alpha value is -0.570. The van der Waals surface area contributed by atoms with Crippen LogP contribution < -0.4 is 0 Å². The summed E-state index contributed by atoms with van der Waals surface area (Å²) >= 11 is 0. The molecule has 2 aliphatic rings. The van der Waals surface area contributed by atoms with Gasteiger partial charge in [-0.1, -0.05) is 0 Å². The Morgan fingerprint density at radius 3 is 2.25 bits per heavy atom. The Labute approximate surface area is 72.4 Å². The maximum atomic E-state index is 10.7. The second-order valence-corrected chi connectivity index (χ2v) is 4.25. The number of hydrogen-bond donors (Lipinski definition) is 1. The van der Waals surface area contributed by atoms with Crippen LogP contribution in [0.1, 0.15) is 12.8 Å². The SMILES string of the molecule is CN1C[C@H]2CC(C(=O)O)C[C@H]2C1. The first-order valence-corrected chi connectivity index (χ1v) is 4.58. The fourth-order valence-electron chi connectivity index (χ4n) is 2.74. The molecule has 1 aliphatic carbocycles. The second kappa shape index (κ2) is 2.73. The predicted molar refractivity (Wildman–Crippen MR) is 44.8 cm³/mol. The van der Waals surface area contributed by atoms with Gasteiger partial charge in [-0.25, -0.2) is 0 Å². The van der Waals surface area contributed by atoms with E-state index >= 15 is 0 Å². The smallest absolute Gasteiger partial charge is 0.306 e. The van der Waals surface area contributed by atoms with Gasteiger partial charge in [0, 0.05) is 13.1 Å². The molecule has 0 spiro atoms. The lowest BCUT2D eigenvalue weighted by Gasteiger charge is -2.10. The van der Waals surface area contributed by atoms with Crippen molar-refractivity contribution in [3.8, 4) is 0 Å². The topological polar surface area (TPSA) is 40.5 Å². The molecule has 1 saturated heterocycles. The molecule has 1 saturated carbocycles. The maximum Gasteiger partial charge on any atom is 0.306 e. The molecule has 1 heterocycles. The van der Waals surface area contributed by atoms with Crippen LogP contribution in [0.5, 0.6) is 0 Å². The van der Waals surface area contributed by atoms with Gasteiger partial charge < -0.3 is 10.0 Å². The molecule has 0 amide bonds. The van der Waals surface area contributed by atoms with Crippen LogP contribution in [-0.4, -0.2) is 36.1 Å². The summed E-state index contributed by atoms with van der Waals surface area (Å²) in [7, 11) is 2.12. The monoisotopic (exact) mass is 169 g/mol. The van der Waals surface area contributed by atoms with Crippen molar-refractivity contribution in [2.45, 2.75) is 12.8 Å². The molecule has 1 N–H and O–H groups in total. The van der Waals surface area contributed by atoms with Crippen molar-refractivity contribution < 1.29 is 9.90 Å². The third-order valence-corrected chi connectivity index (χ3v) is 3.28. The highest BCUT2D eigenvalue weighted by Crippen LogP contribution is 2.40. The maximum absolute atomic E-state index is 10.7. The molecule has 0 aromatic carbocycles. The molecule has 3 nitrogen and oxygen atoms in total. The zero-order chi connectivity index (χ0) is 8.72. The summed E-state index contributed by atoms with van der Waals surface area (Å²) in [5.41, 5.74) is 0. The van der Waals surface area contributed by atoms with Crippen LogP contribution in [0.3, 0.4) is 0 Å². The van der Waals surface area contributed by atoms with E-state index in [0.29, 0.717) is 11.8 Å². The van der Waals surface area contributed by atoms with Gasteiger partial charge in [0.25, 0.3) is 0 Å². The van der Waals surface area contributed by atoms with Gasteiger partial charge in [-0.3, -0.25) is 4.79 Å². The largest absolute Gasteiger partial charge is 0.481 e. The molecule has 3 atom stereocenters. The third-order valence-electron chi connectivity index (χ3n) is 3.28. The van der Waals surface area contributed by atoms with Crippen molar-refractivity contribution in [1.82, 2.24) is 4.90 Å². The fraction of sp³-hybridized carbons (Fsp3) is 0.889. The van der Waals surface area contributed by atoms with Crippen molar-refractivity contribution in [3.05, 3.63) is 0 Å². The number of aliphatic carboxylic acids is 1. The van der Waals surface area contributed by atoms with E-state index in [0.717, 1.165) is 25.9 Å². The summed E-state index contributed by atoms with van der Waals surface area (Å²) in [6.07, 6.45) is 1.81. The summed E-state index contributed by atoms with van der Waals surface area (Å²) in [6, 6.07) is 0. The Morgan fingerprint density at radius 1 is 1.33 bits per heavy atom. The summed E-state index contributed by atoms with van der Waals surface area (Å²) in [6.45, 7) is 2.21. The van der Waals surface area contributed by atoms with Crippen LogP contribution in [-0.2, 0) is 4.79 Å².